The summed E-state index contributed by atoms with van der Waals surface area (Å²) in [5.74, 6) is 1.62. The second-order valence-corrected chi connectivity index (χ2v) is 5.34. The van der Waals surface area contributed by atoms with Crippen molar-refractivity contribution in [1.82, 2.24) is 10.6 Å². The fourth-order valence-corrected chi connectivity index (χ4v) is 1.78. The first kappa shape index (κ1) is 15.5. The van der Waals surface area contributed by atoms with Gasteiger partial charge in [0.25, 0.3) is 0 Å². The molecule has 0 aliphatic heterocycles. The summed E-state index contributed by atoms with van der Waals surface area (Å²) < 4.78 is 0. The van der Waals surface area contributed by atoms with Gasteiger partial charge in [-0.15, -0.1) is 0 Å². The molecule has 1 aromatic rings. The van der Waals surface area contributed by atoms with Crippen LogP contribution in [0.15, 0.2) is 29.3 Å². The second kappa shape index (κ2) is 8.57. The van der Waals surface area contributed by atoms with Crippen molar-refractivity contribution in [2.24, 2.45) is 10.9 Å². The van der Waals surface area contributed by atoms with Crippen LogP contribution in [0.25, 0.3) is 0 Å². The van der Waals surface area contributed by atoms with Crippen molar-refractivity contribution >= 4 is 5.96 Å². The van der Waals surface area contributed by atoms with Gasteiger partial charge < -0.3 is 10.6 Å². The van der Waals surface area contributed by atoms with E-state index in [2.05, 4.69) is 60.7 Å². The highest BCUT2D eigenvalue weighted by Crippen LogP contribution is 2.03. The number of hydrogen-bond acceptors (Lipinski definition) is 1. The van der Waals surface area contributed by atoms with Crippen LogP contribution < -0.4 is 10.6 Å². The topological polar surface area (TPSA) is 36.4 Å². The highest BCUT2D eigenvalue weighted by Gasteiger charge is 1.99. The lowest BCUT2D eigenvalue weighted by Crippen LogP contribution is -2.39. The van der Waals surface area contributed by atoms with Crippen molar-refractivity contribution in [1.29, 1.82) is 0 Å². The first-order chi connectivity index (χ1) is 9.11. The van der Waals surface area contributed by atoms with Gasteiger partial charge in [0.15, 0.2) is 5.96 Å². The molecule has 1 rings (SSSR count). The molecule has 0 aliphatic rings. The summed E-state index contributed by atoms with van der Waals surface area (Å²) in [6, 6.07) is 8.69. The van der Waals surface area contributed by atoms with Gasteiger partial charge in [-0.3, -0.25) is 4.99 Å². The molecule has 19 heavy (non-hydrogen) atoms. The number of rotatable bonds is 6. The minimum Gasteiger partial charge on any atom is -0.356 e. The summed E-state index contributed by atoms with van der Waals surface area (Å²) in [6.07, 6.45) is 2.18. The number of aryl methyl sites for hydroxylation is 1. The Morgan fingerprint density at radius 3 is 2.32 bits per heavy atom. The first-order valence-corrected chi connectivity index (χ1v) is 7.12. The molecule has 0 saturated heterocycles. The van der Waals surface area contributed by atoms with Crippen LogP contribution in [0.5, 0.6) is 0 Å². The van der Waals surface area contributed by atoms with Crippen LogP contribution in [0.3, 0.4) is 0 Å². The van der Waals surface area contributed by atoms with E-state index >= 15 is 0 Å². The Bertz CT molecular complexity index is 379. The summed E-state index contributed by atoms with van der Waals surface area (Å²) in [5.41, 5.74) is 2.67. The molecule has 1 aromatic carbocycles. The fraction of sp³-hybridized carbons (Fsp3) is 0.562. The minimum absolute atomic E-state index is 0.721. The maximum Gasteiger partial charge on any atom is 0.190 e. The Hall–Kier alpha value is -1.51. The summed E-state index contributed by atoms with van der Waals surface area (Å²) in [5, 5.41) is 6.68. The lowest BCUT2D eigenvalue weighted by Gasteiger charge is -2.12. The van der Waals surface area contributed by atoms with Crippen LogP contribution in [-0.4, -0.2) is 26.1 Å². The molecule has 0 aliphatic carbocycles. The lowest BCUT2D eigenvalue weighted by molar-refractivity contribution is 0.573. The van der Waals surface area contributed by atoms with E-state index in [1.807, 2.05) is 7.05 Å². The van der Waals surface area contributed by atoms with E-state index in [4.69, 9.17) is 0 Å². The second-order valence-electron chi connectivity index (χ2n) is 5.34. The largest absolute Gasteiger partial charge is 0.356 e. The van der Waals surface area contributed by atoms with Crippen molar-refractivity contribution in [3.8, 4) is 0 Å². The molecule has 3 nitrogen and oxygen atoms in total. The number of guanidine groups is 1. The zero-order valence-corrected chi connectivity index (χ0v) is 12.7. The summed E-state index contributed by atoms with van der Waals surface area (Å²) in [7, 11) is 1.82. The monoisotopic (exact) mass is 261 g/mol. The smallest absolute Gasteiger partial charge is 0.190 e. The summed E-state index contributed by atoms with van der Waals surface area (Å²) in [4.78, 5) is 4.22. The summed E-state index contributed by atoms with van der Waals surface area (Å²) >= 11 is 0. The molecule has 0 atom stereocenters. The molecule has 0 saturated carbocycles. The maximum absolute atomic E-state index is 4.22. The number of nitrogens with zero attached hydrogens (tertiary/aromatic N) is 1. The Balaban J connectivity index is 2.24. The molecule has 0 spiro atoms. The molecule has 0 aromatic heterocycles. The molecule has 0 fully saturated rings. The van der Waals surface area contributed by atoms with Crippen molar-refractivity contribution in [2.45, 2.75) is 33.6 Å². The Kier molecular flexibility index (Phi) is 7.01. The van der Waals surface area contributed by atoms with Gasteiger partial charge in [-0.2, -0.15) is 0 Å². The molecule has 0 radical (unpaired) electrons. The third-order valence-corrected chi connectivity index (χ3v) is 3.06. The number of benzene rings is 1. The number of aliphatic imine (C=N–C) groups is 1. The molecular weight excluding hydrogens is 234 g/mol. The lowest BCUT2D eigenvalue weighted by atomic mass is 10.1. The highest BCUT2D eigenvalue weighted by atomic mass is 15.2. The standard InChI is InChI=1S/C16H27N3/c1-13(2)9-11-18-16(17-4)19-12-10-15-7-5-14(3)6-8-15/h5-8,13H,9-12H2,1-4H3,(H2,17,18,19). The van der Waals surface area contributed by atoms with E-state index in [0.717, 1.165) is 31.4 Å². The van der Waals surface area contributed by atoms with Gasteiger partial charge in [0.05, 0.1) is 0 Å². The Morgan fingerprint density at radius 1 is 1.11 bits per heavy atom. The van der Waals surface area contributed by atoms with Gasteiger partial charge in [-0.25, -0.2) is 0 Å². The third kappa shape index (κ3) is 6.85. The predicted molar refractivity (Wildman–Crippen MR) is 83.7 cm³/mol. The first-order valence-electron chi connectivity index (χ1n) is 7.12. The van der Waals surface area contributed by atoms with E-state index in [9.17, 15) is 0 Å². The van der Waals surface area contributed by atoms with E-state index in [0.29, 0.717) is 0 Å². The van der Waals surface area contributed by atoms with Gasteiger partial charge in [-0.05, 0) is 31.2 Å². The van der Waals surface area contributed by atoms with E-state index in [1.165, 1.54) is 17.5 Å². The molecule has 0 bridgehead atoms. The zero-order chi connectivity index (χ0) is 14.1. The minimum atomic E-state index is 0.721. The van der Waals surface area contributed by atoms with Crippen LogP contribution >= 0.6 is 0 Å². The van der Waals surface area contributed by atoms with Crippen molar-refractivity contribution in [2.75, 3.05) is 20.1 Å². The quantitative estimate of drug-likeness (QED) is 0.610. The van der Waals surface area contributed by atoms with Gasteiger partial charge >= 0.3 is 0 Å². The Morgan fingerprint density at radius 2 is 1.74 bits per heavy atom. The van der Waals surface area contributed by atoms with Gasteiger partial charge in [0.1, 0.15) is 0 Å². The van der Waals surface area contributed by atoms with Crippen molar-refractivity contribution in [3.63, 3.8) is 0 Å². The molecule has 0 amide bonds. The normalized spacial score (nSPS) is 11.7. The molecule has 106 valence electrons. The fourth-order valence-electron chi connectivity index (χ4n) is 1.78. The molecule has 0 heterocycles. The average Bonchev–Trinajstić information content (AvgIpc) is 2.39. The van der Waals surface area contributed by atoms with Crippen molar-refractivity contribution in [3.05, 3.63) is 35.4 Å². The van der Waals surface area contributed by atoms with Gasteiger partial charge in [0.2, 0.25) is 0 Å². The molecule has 0 unspecified atom stereocenters. The van der Waals surface area contributed by atoms with E-state index in [-0.39, 0.29) is 0 Å². The van der Waals surface area contributed by atoms with Crippen LogP contribution in [-0.2, 0) is 6.42 Å². The van der Waals surface area contributed by atoms with Crippen LogP contribution in [0, 0.1) is 12.8 Å². The molecule has 2 N–H and O–H groups in total. The number of hydrogen-bond donors (Lipinski definition) is 2. The molecular formula is C16H27N3. The highest BCUT2D eigenvalue weighted by molar-refractivity contribution is 5.79. The third-order valence-electron chi connectivity index (χ3n) is 3.06. The Labute approximate surface area is 117 Å². The summed E-state index contributed by atoms with van der Waals surface area (Å²) in [6.45, 7) is 8.46. The molecule has 3 heteroatoms. The van der Waals surface area contributed by atoms with Crippen LogP contribution in [0.2, 0.25) is 0 Å². The van der Waals surface area contributed by atoms with Gasteiger partial charge in [0, 0.05) is 20.1 Å². The van der Waals surface area contributed by atoms with Crippen molar-refractivity contribution < 1.29 is 0 Å². The van der Waals surface area contributed by atoms with E-state index in [1.54, 1.807) is 0 Å². The zero-order valence-electron chi connectivity index (χ0n) is 12.7. The maximum atomic E-state index is 4.22. The van der Waals surface area contributed by atoms with E-state index < -0.39 is 0 Å². The van der Waals surface area contributed by atoms with Crippen LogP contribution in [0.4, 0.5) is 0 Å². The average molecular weight is 261 g/mol. The van der Waals surface area contributed by atoms with Gasteiger partial charge in [-0.1, -0.05) is 43.7 Å². The SMILES string of the molecule is CN=C(NCCc1ccc(C)cc1)NCCC(C)C. The predicted octanol–water partition coefficient (Wildman–Crippen LogP) is 2.75. The van der Waals surface area contributed by atoms with Crippen LogP contribution in [0.1, 0.15) is 31.4 Å². The number of nitrogens with one attached hydrogen (secondary N) is 2.